The van der Waals surface area contributed by atoms with E-state index in [4.69, 9.17) is 15.2 Å². The molecule has 3 rings (SSSR count). The van der Waals surface area contributed by atoms with Crippen molar-refractivity contribution in [3.63, 3.8) is 0 Å². The predicted molar refractivity (Wildman–Crippen MR) is 99.6 cm³/mol. The van der Waals surface area contributed by atoms with Crippen LogP contribution in [0, 0.1) is 0 Å². The van der Waals surface area contributed by atoms with Crippen molar-refractivity contribution < 1.29 is 14.3 Å². The van der Waals surface area contributed by atoms with Gasteiger partial charge in [0.15, 0.2) is 11.5 Å². The smallest absolute Gasteiger partial charge is 0.258 e. The molecule has 2 aromatic rings. The van der Waals surface area contributed by atoms with E-state index in [2.05, 4.69) is 0 Å². The van der Waals surface area contributed by atoms with Crippen LogP contribution in [0.25, 0.3) is 0 Å². The fourth-order valence-electron chi connectivity index (χ4n) is 3.17. The molecular weight excluding hydrogens is 316 g/mol. The Hall–Kier alpha value is -2.69. The Balaban J connectivity index is 1.93. The van der Waals surface area contributed by atoms with Crippen LogP contribution in [-0.2, 0) is 6.42 Å². The van der Waals surface area contributed by atoms with Crippen molar-refractivity contribution in [3.8, 4) is 11.5 Å². The summed E-state index contributed by atoms with van der Waals surface area (Å²) in [4.78, 5) is 14.9. The van der Waals surface area contributed by atoms with Crippen LogP contribution in [-0.4, -0.2) is 25.7 Å². The van der Waals surface area contributed by atoms with Gasteiger partial charge in [-0.1, -0.05) is 6.07 Å². The summed E-state index contributed by atoms with van der Waals surface area (Å²) in [6, 6.07) is 11.0. The number of nitrogen functional groups attached to an aromatic ring is 1. The Bertz CT molecular complexity index is 787. The maximum absolute atomic E-state index is 13.1. The second-order valence-corrected chi connectivity index (χ2v) is 6.44. The lowest BCUT2D eigenvalue weighted by molar-refractivity contribution is 0.0984. The van der Waals surface area contributed by atoms with E-state index >= 15 is 0 Å². The quantitative estimate of drug-likeness (QED) is 0.863. The Morgan fingerprint density at radius 1 is 1.20 bits per heavy atom. The van der Waals surface area contributed by atoms with Crippen LogP contribution in [0.5, 0.6) is 11.5 Å². The van der Waals surface area contributed by atoms with Crippen molar-refractivity contribution in [2.75, 3.05) is 24.3 Å². The molecule has 5 nitrogen and oxygen atoms in total. The summed E-state index contributed by atoms with van der Waals surface area (Å²) in [5.74, 6) is 1.14. The van der Waals surface area contributed by atoms with Crippen molar-refractivity contribution in [3.05, 3.63) is 47.5 Å². The Labute approximate surface area is 148 Å². The summed E-state index contributed by atoms with van der Waals surface area (Å²) in [6.45, 7) is 4.59. The maximum Gasteiger partial charge on any atom is 0.258 e. The van der Waals surface area contributed by atoms with Crippen molar-refractivity contribution in [2.24, 2.45) is 0 Å². The van der Waals surface area contributed by atoms with Crippen molar-refractivity contribution in [2.45, 2.75) is 32.8 Å². The van der Waals surface area contributed by atoms with E-state index in [0.29, 0.717) is 23.6 Å². The minimum Gasteiger partial charge on any atom is -0.493 e. The Morgan fingerprint density at radius 3 is 2.72 bits per heavy atom. The average Bonchev–Trinajstić information content (AvgIpc) is 2.61. The van der Waals surface area contributed by atoms with Crippen LogP contribution >= 0.6 is 0 Å². The summed E-state index contributed by atoms with van der Waals surface area (Å²) in [6.07, 6.45) is 1.84. The van der Waals surface area contributed by atoms with Gasteiger partial charge in [-0.15, -0.1) is 0 Å². The molecular formula is C20H24N2O3. The third-order valence-corrected chi connectivity index (χ3v) is 4.31. The van der Waals surface area contributed by atoms with E-state index in [1.165, 1.54) is 0 Å². The highest BCUT2D eigenvalue weighted by Crippen LogP contribution is 2.34. The first-order valence-corrected chi connectivity index (χ1v) is 8.55. The molecule has 0 fully saturated rings. The van der Waals surface area contributed by atoms with Gasteiger partial charge < -0.3 is 20.1 Å². The van der Waals surface area contributed by atoms with Crippen LogP contribution in [0.15, 0.2) is 36.4 Å². The summed E-state index contributed by atoms with van der Waals surface area (Å²) < 4.78 is 11.1. The molecule has 1 aliphatic heterocycles. The lowest BCUT2D eigenvalue weighted by Gasteiger charge is -2.30. The first-order valence-electron chi connectivity index (χ1n) is 8.55. The van der Waals surface area contributed by atoms with Gasteiger partial charge in [0.1, 0.15) is 0 Å². The number of carbonyl (C=O) groups is 1. The normalized spacial score (nSPS) is 13.5. The van der Waals surface area contributed by atoms with E-state index in [1.807, 2.05) is 32.0 Å². The van der Waals surface area contributed by atoms with Crippen LogP contribution in [0.1, 0.15) is 36.2 Å². The Morgan fingerprint density at radius 2 is 2.00 bits per heavy atom. The summed E-state index contributed by atoms with van der Waals surface area (Å²) in [5.41, 5.74) is 9.35. The van der Waals surface area contributed by atoms with Gasteiger partial charge in [0, 0.05) is 23.5 Å². The van der Waals surface area contributed by atoms with E-state index < -0.39 is 0 Å². The number of ether oxygens (including phenoxy) is 2. The molecule has 0 bridgehead atoms. The summed E-state index contributed by atoms with van der Waals surface area (Å²) in [7, 11) is 1.58. The zero-order valence-electron chi connectivity index (χ0n) is 14.9. The number of anilines is 2. The van der Waals surface area contributed by atoms with Crippen LogP contribution in [0.2, 0.25) is 0 Å². The van der Waals surface area contributed by atoms with Gasteiger partial charge >= 0.3 is 0 Å². The van der Waals surface area contributed by atoms with Crippen LogP contribution in [0.4, 0.5) is 11.4 Å². The molecule has 0 atom stereocenters. The molecule has 132 valence electrons. The first-order chi connectivity index (χ1) is 12.0. The molecule has 0 saturated heterocycles. The fourth-order valence-corrected chi connectivity index (χ4v) is 3.17. The molecule has 25 heavy (non-hydrogen) atoms. The number of hydrogen-bond donors (Lipinski definition) is 1. The van der Waals surface area contributed by atoms with Gasteiger partial charge in [0.05, 0.1) is 13.2 Å². The molecule has 5 heteroatoms. The van der Waals surface area contributed by atoms with Gasteiger partial charge in [-0.05, 0) is 62.6 Å². The number of carbonyl (C=O) groups excluding carboxylic acids is 1. The van der Waals surface area contributed by atoms with E-state index in [1.54, 1.807) is 30.2 Å². The molecule has 1 amide bonds. The SMILES string of the molecule is COc1cc(C(=O)N2CCCc3c(N)cccc32)ccc1OC(C)C. The topological polar surface area (TPSA) is 64.8 Å². The summed E-state index contributed by atoms with van der Waals surface area (Å²) in [5, 5.41) is 0. The third-order valence-electron chi connectivity index (χ3n) is 4.31. The van der Waals surface area contributed by atoms with Gasteiger partial charge in [-0.25, -0.2) is 0 Å². The molecule has 1 heterocycles. The van der Waals surface area contributed by atoms with Gasteiger partial charge in [-0.2, -0.15) is 0 Å². The second-order valence-electron chi connectivity index (χ2n) is 6.44. The van der Waals surface area contributed by atoms with E-state index in [-0.39, 0.29) is 12.0 Å². The standard InChI is InChI=1S/C20H24N2O3/c1-13(2)25-18-10-9-14(12-19(18)24-3)20(23)22-11-5-6-15-16(21)7-4-8-17(15)22/h4,7-10,12-13H,5-6,11,21H2,1-3H3. The average molecular weight is 340 g/mol. The number of fused-ring (bicyclic) bond motifs is 1. The number of nitrogens with zero attached hydrogens (tertiary/aromatic N) is 1. The molecule has 0 spiro atoms. The van der Waals surface area contributed by atoms with Crippen LogP contribution in [0.3, 0.4) is 0 Å². The molecule has 0 aliphatic carbocycles. The lowest BCUT2D eigenvalue weighted by Crippen LogP contribution is -2.35. The molecule has 1 aliphatic rings. The number of benzene rings is 2. The Kier molecular flexibility index (Phi) is 4.83. The fraction of sp³-hybridized carbons (Fsp3) is 0.350. The zero-order chi connectivity index (χ0) is 18.0. The number of nitrogens with two attached hydrogens (primary N) is 1. The molecule has 2 aromatic carbocycles. The van der Waals surface area contributed by atoms with Crippen molar-refractivity contribution in [1.29, 1.82) is 0 Å². The highest BCUT2D eigenvalue weighted by molar-refractivity contribution is 6.07. The largest absolute Gasteiger partial charge is 0.493 e. The number of hydrogen-bond acceptors (Lipinski definition) is 4. The maximum atomic E-state index is 13.1. The number of amides is 1. The minimum absolute atomic E-state index is 0.0346. The molecule has 0 radical (unpaired) electrons. The molecule has 0 saturated carbocycles. The van der Waals surface area contributed by atoms with Crippen LogP contribution < -0.4 is 20.1 Å². The predicted octanol–water partition coefficient (Wildman–Crippen LogP) is 3.66. The molecule has 0 aromatic heterocycles. The summed E-state index contributed by atoms with van der Waals surface area (Å²) >= 11 is 0. The van der Waals surface area contributed by atoms with Crippen molar-refractivity contribution in [1.82, 2.24) is 0 Å². The van der Waals surface area contributed by atoms with Gasteiger partial charge in [0.25, 0.3) is 5.91 Å². The zero-order valence-corrected chi connectivity index (χ0v) is 14.9. The number of methoxy groups -OCH3 is 1. The monoisotopic (exact) mass is 340 g/mol. The third kappa shape index (κ3) is 3.40. The van der Waals surface area contributed by atoms with E-state index in [9.17, 15) is 4.79 Å². The highest BCUT2D eigenvalue weighted by Gasteiger charge is 2.25. The van der Waals surface area contributed by atoms with Gasteiger partial charge in [-0.3, -0.25) is 4.79 Å². The second kappa shape index (κ2) is 7.05. The van der Waals surface area contributed by atoms with Crippen molar-refractivity contribution >= 4 is 17.3 Å². The first kappa shape index (κ1) is 17.1. The molecule has 0 unspecified atom stereocenters. The van der Waals surface area contributed by atoms with E-state index in [0.717, 1.165) is 29.8 Å². The lowest BCUT2D eigenvalue weighted by atomic mass is 9.99. The number of rotatable bonds is 4. The highest BCUT2D eigenvalue weighted by atomic mass is 16.5. The molecule has 2 N–H and O–H groups in total. The van der Waals surface area contributed by atoms with Gasteiger partial charge in [0.2, 0.25) is 0 Å². The minimum atomic E-state index is -0.0547.